The molecule has 1 saturated heterocycles. The maximum Gasteiger partial charge on any atom is 0.387 e. The Morgan fingerprint density at radius 1 is 1.27 bits per heavy atom. The molecule has 1 aromatic rings. The minimum absolute atomic E-state index is 0.160. The number of aryl methyl sites for hydroxylation is 1. The zero-order valence-electron chi connectivity index (χ0n) is 12.9. The average molecular weight is 311 g/mol. The van der Waals surface area contributed by atoms with Crippen molar-refractivity contribution in [2.24, 2.45) is 10.7 Å². The van der Waals surface area contributed by atoms with E-state index < -0.39 is 6.61 Å². The van der Waals surface area contributed by atoms with E-state index in [1.807, 2.05) is 6.92 Å². The second-order valence-electron chi connectivity index (χ2n) is 5.57. The molecule has 0 saturated carbocycles. The predicted molar refractivity (Wildman–Crippen MR) is 83.2 cm³/mol. The van der Waals surface area contributed by atoms with E-state index in [0.29, 0.717) is 11.5 Å². The van der Waals surface area contributed by atoms with Crippen LogP contribution in [0.1, 0.15) is 36.8 Å². The first-order valence-electron chi connectivity index (χ1n) is 7.65. The van der Waals surface area contributed by atoms with Gasteiger partial charge in [0.1, 0.15) is 5.75 Å². The molecule has 6 heteroatoms. The van der Waals surface area contributed by atoms with E-state index in [4.69, 9.17) is 5.73 Å². The minimum Gasteiger partial charge on any atom is -0.434 e. The van der Waals surface area contributed by atoms with Crippen molar-refractivity contribution in [3.63, 3.8) is 0 Å². The van der Waals surface area contributed by atoms with Crippen molar-refractivity contribution in [1.29, 1.82) is 0 Å². The van der Waals surface area contributed by atoms with E-state index >= 15 is 0 Å². The number of aliphatic imine (C=N–C) groups is 1. The number of nitrogens with two attached hydrogens (primary N) is 1. The summed E-state index contributed by atoms with van der Waals surface area (Å²) in [4.78, 5) is 6.43. The van der Waals surface area contributed by atoms with Crippen molar-refractivity contribution in [2.75, 3.05) is 13.1 Å². The highest BCUT2D eigenvalue weighted by molar-refractivity contribution is 5.78. The molecule has 22 heavy (non-hydrogen) atoms. The largest absolute Gasteiger partial charge is 0.434 e. The number of likely N-dealkylation sites (tertiary alicyclic amines) is 1. The summed E-state index contributed by atoms with van der Waals surface area (Å²) in [6.07, 6.45) is 4.66. The molecule has 2 N–H and O–H groups in total. The number of ether oxygens (including phenoxy) is 1. The summed E-state index contributed by atoms with van der Waals surface area (Å²) in [5, 5.41) is 0. The molecule has 0 amide bonds. The molecule has 0 aliphatic carbocycles. The number of halogens is 2. The lowest BCUT2D eigenvalue weighted by Gasteiger charge is -2.21. The smallest absolute Gasteiger partial charge is 0.387 e. The van der Waals surface area contributed by atoms with E-state index in [9.17, 15) is 8.78 Å². The van der Waals surface area contributed by atoms with Crippen LogP contribution in [-0.2, 0) is 6.54 Å². The van der Waals surface area contributed by atoms with Crippen LogP contribution in [0.15, 0.2) is 23.2 Å². The van der Waals surface area contributed by atoms with Crippen LogP contribution in [0, 0.1) is 6.92 Å². The van der Waals surface area contributed by atoms with Gasteiger partial charge in [0, 0.05) is 18.7 Å². The summed E-state index contributed by atoms with van der Waals surface area (Å²) in [5.74, 6) is 0.638. The Kier molecular flexibility index (Phi) is 5.98. The zero-order valence-corrected chi connectivity index (χ0v) is 12.9. The summed E-state index contributed by atoms with van der Waals surface area (Å²) < 4.78 is 29.4. The third-order valence-corrected chi connectivity index (χ3v) is 3.77. The Balaban J connectivity index is 2.08. The van der Waals surface area contributed by atoms with E-state index in [0.717, 1.165) is 31.5 Å². The fourth-order valence-electron chi connectivity index (χ4n) is 2.61. The molecule has 1 heterocycles. The monoisotopic (exact) mass is 311 g/mol. The molecule has 0 bridgehead atoms. The Bertz CT molecular complexity index is 512. The molecular formula is C16H23F2N3O. The second-order valence-corrected chi connectivity index (χ2v) is 5.57. The van der Waals surface area contributed by atoms with Gasteiger partial charge in [-0.15, -0.1) is 0 Å². The van der Waals surface area contributed by atoms with Crippen LogP contribution in [0.2, 0.25) is 0 Å². The fourth-order valence-corrected chi connectivity index (χ4v) is 2.61. The van der Waals surface area contributed by atoms with Gasteiger partial charge in [0.05, 0.1) is 6.54 Å². The number of alkyl halides is 2. The van der Waals surface area contributed by atoms with Crippen molar-refractivity contribution in [1.82, 2.24) is 4.90 Å². The topological polar surface area (TPSA) is 50.9 Å². The minimum atomic E-state index is -2.84. The fraction of sp³-hybridized carbons (Fsp3) is 0.562. The maximum atomic E-state index is 12.4. The summed E-state index contributed by atoms with van der Waals surface area (Å²) >= 11 is 0. The Labute approximate surface area is 130 Å². The molecule has 1 aliphatic rings. The lowest BCUT2D eigenvalue weighted by Crippen LogP contribution is -2.38. The first-order chi connectivity index (χ1) is 10.6. The van der Waals surface area contributed by atoms with Crippen molar-refractivity contribution < 1.29 is 13.5 Å². The molecule has 1 fully saturated rings. The molecule has 1 aliphatic heterocycles. The summed E-state index contributed by atoms with van der Waals surface area (Å²) in [5.41, 5.74) is 7.64. The van der Waals surface area contributed by atoms with Gasteiger partial charge < -0.3 is 15.4 Å². The lowest BCUT2D eigenvalue weighted by atomic mass is 10.1. The Morgan fingerprint density at radius 3 is 2.59 bits per heavy atom. The van der Waals surface area contributed by atoms with Crippen LogP contribution in [0.3, 0.4) is 0 Å². The zero-order chi connectivity index (χ0) is 15.9. The number of rotatable bonds is 4. The first-order valence-corrected chi connectivity index (χ1v) is 7.65. The number of benzene rings is 1. The van der Waals surface area contributed by atoms with Crippen molar-refractivity contribution in [2.45, 2.75) is 45.8 Å². The predicted octanol–water partition coefficient (Wildman–Crippen LogP) is 3.29. The molecule has 1 aromatic carbocycles. The molecule has 2 rings (SSSR count). The summed E-state index contributed by atoms with van der Waals surface area (Å²) in [6.45, 7) is 1.12. The van der Waals surface area contributed by atoms with Crippen LogP contribution in [-0.4, -0.2) is 30.6 Å². The van der Waals surface area contributed by atoms with Gasteiger partial charge in [0.2, 0.25) is 0 Å². The van der Waals surface area contributed by atoms with Gasteiger partial charge in [-0.25, -0.2) is 4.99 Å². The Hall–Kier alpha value is -1.85. The molecule has 0 radical (unpaired) electrons. The average Bonchev–Trinajstić information content (AvgIpc) is 2.76. The summed E-state index contributed by atoms with van der Waals surface area (Å²) in [6, 6.07) is 5.09. The van der Waals surface area contributed by atoms with Crippen molar-refractivity contribution >= 4 is 5.96 Å². The SMILES string of the molecule is Cc1ccc(OC(F)F)c(CN=C(N)N2CCCCCC2)c1. The van der Waals surface area contributed by atoms with E-state index in [1.165, 1.54) is 12.8 Å². The van der Waals surface area contributed by atoms with Crippen LogP contribution in [0.4, 0.5) is 8.78 Å². The number of guanidine groups is 1. The second kappa shape index (κ2) is 7.96. The highest BCUT2D eigenvalue weighted by Crippen LogP contribution is 2.23. The summed E-state index contributed by atoms with van der Waals surface area (Å²) in [7, 11) is 0. The number of nitrogens with zero attached hydrogens (tertiary/aromatic N) is 2. The van der Waals surface area contributed by atoms with Crippen LogP contribution in [0.5, 0.6) is 5.75 Å². The molecule has 0 unspecified atom stereocenters. The number of hydrogen-bond acceptors (Lipinski definition) is 2. The molecule has 0 spiro atoms. The first kappa shape index (κ1) is 16.5. The third-order valence-electron chi connectivity index (χ3n) is 3.77. The Morgan fingerprint density at radius 2 is 1.95 bits per heavy atom. The molecule has 4 nitrogen and oxygen atoms in total. The van der Waals surface area contributed by atoms with E-state index in [2.05, 4.69) is 14.6 Å². The quantitative estimate of drug-likeness (QED) is 0.686. The van der Waals surface area contributed by atoms with Crippen molar-refractivity contribution in [3.05, 3.63) is 29.3 Å². The molecule has 0 atom stereocenters. The maximum absolute atomic E-state index is 12.4. The van der Waals surface area contributed by atoms with Crippen molar-refractivity contribution in [3.8, 4) is 5.75 Å². The van der Waals surface area contributed by atoms with Crippen LogP contribution in [0.25, 0.3) is 0 Å². The third kappa shape index (κ3) is 4.86. The van der Waals surface area contributed by atoms with Gasteiger partial charge >= 0.3 is 6.61 Å². The van der Waals surface area contributed by atoms with Gasteiger partial charge in [-0.1, -0.05) is 30.5 Å². The van der Waals surface area contributed by atoms with Gasteiger partial charge in [0.25, 0.3) is 0 Å². The number of hydrogen-bond donors (Lipinski definition) is 1. The van der Waals surface area contributed by atoms with Crippen LogP contribution >= 0.6 is 0 Å². The normalized spacial score (nSPS) is 16.7. The molecule has 122 valence electrons. The molecule has 0 aromatic heterocycles. The van der Waals surface area contributed by atoms with Gasteiger partial charge in [-0.2, -0.15) is 8.78 Å². The van der Waals surface area contributed by atoms with E-state index in [-0.39, 0.29) is 12.3 Å². The van der Waals surface area contributed by atoms with Gasteiger partial charge in [-0.3, -0.25) is 0 Å². The lowest BCUT2D eigenvalue weighted by molar-refractivity contribution is -0.0504. The van der Waals surface area contributed by atoms with Gasteiger partial charge in [0.15, 0.2) is 5.96 Å². The van der Waals surface area contributed by atoms with Gasteiger partial charge in [-0.05, 0) is 25.8 Å². The van der Waals surface area contributed by atoms with Crippen LogP contribution < -0.4 is 10.5 Å². The highest BCUT2D eigenvalue weighted by Gasteiger charge is 2.12. The highest BCUT2D eigenvalue weighted by atomic mass is 19.3. The standard InChI is InChI=1S/C16H23F2N3O/c1-12-6-7-14(22-15(17)18)13(10-12)11-20-16(19)21-8-4-2-3-5-9-21/h6-7,10,15H,2-5,8-9,11H2,1H3,(H2,19,20). The van der Waals surface area contributed by atoms with E-state index in [1.54, 1.807) is 18.2 Å². The molecular weight excluding hydrogens is 288 g/mol.